The number of amides is 1. The number of primary amides is 1. The highest BCUT2D eigenvalue weighted by Gasteiger charge is 2.22. The van der Waals surface area contributed by atoms with Gasteiger partial charge in [-0.2, -0.15) is 8.42 Å². The van der Waals surface area contributed by atoms with Crippen LogP contribution >= 0.6 is 23.2 Å². The molecule has 6 nitrogen and oxygen atoms in total. The number of aryl methyl sites for hydroxylation is 1. The molecule has 0 saturated carbocycles. The number of carbonyl (C=O) groups excluding carboxylic acids is 1. The molecule has 0 atom stereocenters. The summed E-state index contributed by atoms with van der Waals surface area (Å²) < 4.78 is 30.4. The molecule has 2 N–H and O–H groups in total. The molecule has 3 rings (SSSR count). The van der Waals surface area contributed by atoms with Gasteiger partial charge < -0.3 is 9.92 Å². The number of benzene rings is 2. The number of pyridine rings is 1. The van der Waals surface area contributed by atoms with E-state index in [2.05, 4.69) is 4.98 Å². The predicted molar refractivity (Wildman–Crippen MR) is 99.3 cm³/mol. The minimum absolute atomic E-state index is 0.0120. The smallest absolute Gasteiger partial charge is 0.339 e. The van der Waals surface area contributed by atoms with Gasteiger partial charge >= 0.3 is 10.1 Å². The molecule has 0 aliphatic carbocycles. The fourth-order valence-corrected chi connectivity index (χ4v) is 3.87. The minimum Gasteiger partial charge on any atom is -0.375 e. The number of nitrogens with zero attached hydrogens (tertiary/aromatic N) is 1. The van der Waals surface area contributed by atoms with Crippen LogP contribution in [0.3, 0.4) is 0 Å². The van der Waals surface area contributed by atoms with Crippen molar-refractivity contribution in [3.8, 4) is 5.75 Å². The number of carbonyl (C=O) groups is 1. The molecule has 1 heterocycles. The first-order chi connectivity index (χ1) is 12.2. The Labute approximate surface area is 159 Å². The van der Waals surface area contributed by atoms with Crippen molar-refractivity contribution in [1.82, 2.24) is 4.98 Å². The second-order valence-electron chi connectivity index (χ2n) is 5.44. The lowest BCUT2D eigenvalue weighted by Gasteiger charge is -2.12. The van der Waals surface area contributed by atoms with Crippen LogP contribution in [0.15, 0.2) is 47.4 Å². The number of aromatic nitrogens is 1. The van der Waals surface area contributed by atoms with Gasteiger partial charge in [-0.25, -0.2) is 4.98 Å². The third-order valence-corrected chi connectivity index (χ3v) is 5.43. The molecule has 0 saturated heterocycles. The van der Waals surface area contributed by atoms with Gasteiger partial charge in [0.25, 0.3) is 0 Å². The quantitative estimate of drug-likeness (QED) is 0.660. The Morgan fingerprint density at radius 3 is 2.35 bits per heavy atom. The van der Waals surface area contributed by atoms with Gasteiger partial charge in [-0.15, -0.1) is 0 Å². The second kappa shape index (κ2) is 6.75. The van der Waals surface area contributed by atoms with Crippen LogP contribution in [-0.4, -0.2) is 19.3 Å². The van der Waals surface area contributed by atoms with Gasteiger partial charge in [0.05, 0.1) is 10.0 Å². The maximum absolute atomic E-state index is 12.6. The molecule has 9 heteroatoms. The largest absolute Gasteiger partial charge is 0.375 e. The normalized spacial score (nSPS) is 11.5. The van der Waals surface area contributed by atoms with Gasteiger partial charge in [-0.1, -0.05) is 23.2 Å². The van der Waals surface area contributed by atoms with E-state index in [4.69, 9.17) is 33.1 Å². The number of hydrogen-bond acceptors (Lipinski definition) is 5. The molecule has 0 bridgehead atoms. The van der Waals surface area contributed by atoms with Crippen LogP contribution in [0.2, 0.25) is 10.0 Å². The molecule has 1 aromatic heterocycles. The van der Waals surface area contributed by atoms with Crippen LogP contribution in [-0.2, 0) is 10.1 Å². The van der Waals surface area contributed by atoms with Crippen molar-refractivity contribution in [2.75, 3.05) is 0 Å². The van der Waals surface area contributed by atoms with E-state index in [-0.39, 0.29) is 26.7 Å². The first-order valence-corrected chi connectivity index (χ1v) is 9.45. The highest BCUT2D eigenvalue weighted by atomic mass is 35.5. The van der Waals surface area contributed by atoms with Crippen molar-refractivity contribution in [2.24, 2.45) is 5.73 Å². The van der Waals surface area contributed by atoms with E-state index >= 15 is 0 Å². The number of nitrogens with two attached hydrogens (primary N) is 1. The van der Waals surface area contributed by atoms with Gasteiger partial charge in [0.2, 0.25) is 5.91 Å². The SMILES string of the molecule is Cc1ccc2c(Cl)cc(Cl)c(OS(=O)(=O)c3ccc(C(N)=O)cc3)c2n1. The highest BCUT2D eigenvalue weighted by molar-refractivity contribution is 7.87. The van der Waals surface area contributed by atoms with Gasteiger partial charge in [0, 0.05) is 16.6 Å². The van der Waals surface area contributed by atoms with Gasteiger partial charge in [-0.3, -0.25) is 4.79 Å². The fourth-order valence-electron chi connectivity index (χ4n) is 2.31. The van der Waals surface area contributed by atoms with Crippen LogP contribution in [0.5, 0.6) is 5.75 Å². The Kier molecular flexibility index (Phi) is 4.79. The summed E-state index contributed by atoms with van der Waals surface area (Å²) in [7, 11) is -4.22. The summed E-state index contributed by atoms with van der Waals surface area (Å²) in [6.07, 6.45) is 0. The summed E-state index contributed by atoms with van der Waals surface area (Å²) in [5.41, 5.74) is 6.20. The average Bonchev–Trinajstić information content (AvgIpc) is 2.58. The third-order valence-electron chi connectivity index (χ3n) is 3.60. The Bertz CT molecular complexity index is 1130. The molecule has 1 amide bonds. The minimum atomic E-state index is -4.22. The van der Waals surface area contributed by atoms with E-state index in [1.54, 1.807) is 19.1 Å². The van der Waals surface area contributed by atoms with Gasteiger partial charge in [0.1, 0.15) is 10.4 Å². The lowest BCUT2D eigenvalue weighted by molar-refractivity contribution is 0.1000. The van der Waals surface area contributed by atoms with E-state index in [1.807, 2.05) is 0 Å². The fraction of sp³-hybridized carbons (Fsp3) is 0.0588. The van der Waals surface area contributed by atoms with Crippen LogP contribution in [0.25, 0.3) is 10.9 Å². The van der Waals surface area contributed by atoms with Crippen molar-refractivity contribution in [2.45, 2.75) is 11.8 Å². The molecule has 0 unspecified atom stereocenters. The van der Waals surface area contributed by atoms with Crippen LogP contribution in [0.1, 0.15) is 16.1 Å². The Morgan fingerprint density at radius 1 is 1.08 bits per heavy atom. The maximum atomic E-state index is 12.6. The molecule has 26 heavy (non-hydrogen) atoms. The summed E-state index contributed by atoms with van der Waals surface area (Å²) in [6, 6.07) is 9.87. The molecule has 2 aromatic carbocycles. The molecular formula is C17H12Cl2N2O4S. The number of fused-ring (bicyclic) bond motifs is 1. The molecule has 134 valence electrons. The van der Waals surface area contributed by atoms with Crippen LogP contribution < -0.4 is 9.92 Å². The molecule has 0 aliphatic rings. The topological polar surface area (TPSA) is 99.4 Å². The Balaban J connectivity index is 2.10. The molecule has 0 radical (unpaired) electrons. The summed E-state index contributed by atoms with van der Waals surface area (Å²) in [4.78, 5) is 15.2. The lowest BCUT2D eigenvalue weighted by Crippen LogP contribution is -2.13. The number of halogens is 2. The molecule has 0 spiro atoms. The van der Waals surface area contributed by atoms with E-state index in [0.29, 0.717) is 16.1 Å². The van der Waals surface area contributed by atoms with E-state index in [0.717, 1.165) is 0 Å². The lowest BCUT2D eigenvalue weighted by atomic mass is 10.2. The summed E-state index contributed by atoms with van der Waals surface area (Å²) >= 11 is 12.3. The second-order valence-corrected chi connectivity index (χ2v) is 7.80. The maximum Gasteiger partial charge on any atom is 0.339 e. The predicted octanol–water partition coefficient (Wildman–Crippen LogP) is 3.72. The monoisotopic (exact) mass is 410 g/mol. The van der Waals surface area contributed by atoms with Gasteiger partial charge in [0.15, 0.2) is 5.75 Å². The van der Waals surface area contributed by atoms with Crippen LogP contribution in [0.4, 0.5) is 0 Å². The first kappa shape index (κ1) is 18.4. The van der Waals surface area contributed by atoms with Crippen molar-refractivity contribution >= 4 is 50.1 Å². The van der Waals surface area contributed by atoms with Crippen molar-refractivity contribution < 1.29 is 17.4 Å². The van der Waals surface area contributed by atoms with Crippen molar-refractivity contribution in [1.29, 1.82) is 0 Å². The molecule has 0 aliphatic heterocycles. The zero-order valence-electron chi connectivity index (χ0n) is 13.4. The summed E-state index contributed by atoms with van der Waals surface area (Å²) in [5, 5.41) is 0.849. The van der Waals surface area contributed by atoms with Gasteiger partial charge in [-0.05, 0) is 49.4 Å². The third kappa shape index (κ3) is 3.46. The van der Waals surface area contributed by atoms with E-state index in [1.165, 1.54) is 30.3 Å². The zero-order chi connectivity index (χ0) is 19.1. The molecule has 3 aromatic rings. The first-order valence-electron chi connectivity index (χ1n) is 7.29. The van der Waals surface area contributed by atoms with E-state index < -0.39 is 16.0 Å². The van der Waals surface area contributed by atoms with Crippen molar-refractivity contribution in [3.63, 3.8) is 0 Å². The number of rotatable bonds is 4. The zero-order valence-corrected chi connectivity index (χ0v) is 15.7. The number of hydrogen-bond donors (Lipinski definition) is 1. The van der Waals surface area contributed by atoms with E-state index in [9.17, 15) is 13.2 Å². The van der Waals surface area contributed by atoms with Crippen molar-refractivity contribution in [3.05, 3.63) is 63.8 Å². The standard InChI is InChI=1S/C17H12Cl2N2O4S/c1-9-2-7-12-13(18)8-14(19)16(15(12)21-9)25-26(23,24)11-5-3-10(4-6-11)17(20)22/h2-8H,1H3,(H2,20,22). The molecular weight excluding hydrogens is 399 g/mol. The molecule has 0 fully saturated rings. The summed E-state index contributed by atoms with van der Waals surface area (Å²) in [5.74, 6) is -0.782. The van der Waals surface area contributed by atoms with Crippen LogP contribution in [0, 0.1) is 6.92 Å². The Morgan fingerprint density at radius 2 is 1.73 bits per heavy atom. The summed E-state index contributed by atoms with van der Waals surface area (Å²) in [6.45, 7) is 1.75. The highest BCUT2D eigenvalue weighted by Crippen LogP contribution is 2.38. The Hall–Kier alpha value is -2.35. The average molecular weight is 411 g/mol.